The lowest BCUT2D eigenvalue weighted by atomic mass is 10.2. The predicted octanol–water partition coefficient (Wildman–Crippen LogP) is 1.20. The van der Waals surface area contributed by atoms with Crippen molar-refractivity contribution in [2.75, 3.05) is 31.1 Å². The summed E-state index contributed by atoms with van der Waals surface area (Å²) >= 11 is 1.60. The molecule has 0 bridgehead atoms. The summed E-state index contributed by atoms with van der Waals surface area (Å²) in [6, 6.07) is 2.62. The van der Waals surface area contributed by atoms with Crippen molar-refractivity contribution < 1.29 is 14.0 Å². The second-order valence-electron chi connectivity index (χ2n) is 5.30. The predicted molar refractivity (Wildman–Crippen MR) is 86.5 cm³/mol. The number of piperazine rings is 1. The molecule has 0 aliphatic carbocycles. The van der Waals surface area contributed by atoms with Crippen LogP contribution in [0.2, 0.25) is 0 Å². The van der Waals surface area contributed by atoms with Crippen LogP contribution in [0.5, 0.6) is 0 Å². The van der Waals surface area contributed by atoms with Crippen LogP contribution in [0.15, 0.2) is 34.4 Å². The van der Waals surface area contributed by atoms with Crippen LogP contribution in [0.25, 0.3) is 0 Å². The summed E-state index contributed by atoms with van der Waals surface area (Å²) in [6.07, 6.45) is 3.21. The molecule has 3 rings (SSSR count). The van der Waals surface area contributed by atoms with Crippen LogP contribution in [-0.2, 0) is 4.79 Å². The highest BCUT2D eigenvalue weighted by Gasteiger charge is 2.27. The number of anilines is 1. The van der Waals surface area contributed by atoms with Gasteiger partial charge in [-0.15, -0.1) is 11.3 Å². The average molecular weight is 334 g/mol. The third-order valence-corrected chi connectivity index (χ3v) is 4.58. The minimum absolute atomic E-state index is 0.0799. The Hall–Kier alpha value is -2.35. The van der Waals surface area contributed by atoms with Crippen molar-refractivity contribution in [3.05, 3.63) is 35.7 Å². The van der Waals surface area contributed by atoms with Crippen LogP contribution in [0.4, 0.5) is 5.13 Å². The molecule has 3 heterocycles. The summed E-state index contributed by atoms with van der Waals surface area (Å²) in [7, 11) is 0. The van der Waals surface area contributed by atoms with Gasteiger partial charge in [0.15, 0.2) is 10.9 Å². The SMILES string of the molecule is CC(NC(=O)c1ccco1)C(=O)N1CCN(c2nccs2)CC1. The highest BCUT2D eigenvalue weighted by molar-refractivity contribution is 7.13. The van der Waals surface area contributed by atoms with E-state index in [1.54, 1.807) is 41.5 Å². The van der Waals surface area contributed by atoms with Crippen molar-refractivity contribution in [1.29, 1.82) is 0 Å². The summed E-state index contributed by atoms with van der Waals surface area (Å²) in [6.45, 7) is 4.44. The number of nitrogens with one attached hydrogen (secondary N) is 1. The molecule has 122 valence electrons. The summed E-state index contributed by atoms with van der Waals surface area (Å²) in [4.78, 5) is 32.6. The third-order valence-electron chi connectivity index (χ3n) is 3.74. The minimum Gasteiger partial charge on any atom is -0.459 e. The molecule has 2 amide bonds. The molecule has 1 saturated heterocycles. The van der Waals surface area contributed by atoms with E-state index in [1.807, 2.05) is 5.38 Å². The van der Waals surface area contributed by atoms with Gasteiger partial charge in [-0.05, 0) is 19.1 Å². The van der Waals surface area contributed by atoms with Crippen molar-refractivity contribution in [2.24, 2.45) is 0 Å². The molecule has 0 aromatic carbocycles. The standard InChI is InChI=1S/C15H18N4O3S/c1-11(17-13(20)12-3-2-9-22-12)14(21)18-5-7-19(8-6-18)15-16-4-10-23-15/h2-4,9-11H,5-8H2,1H3,(H,17,20). The van der Waals surface area contributed by atoms with Crippen molar-refractivity contribution in [3.63, 3.8) is 0 Å². The first-order valence-electron chi connectivity index (χ1n) is 7.43. The Morgan fingerprint density at radius 1 is 1.35 bits per heavy atom. The number of nitrogens with zero attached hydrogens (tertiary/aromatic N) is 3. The zero-order valence-corrected chi connectivity index (χ0v) is 13.6. The maximum atomic E-state index is 12.4. The van der Waals surface area contributed by atoms with Crippen molar-refractivity contribution in [2.45, 2.75) is 13.0 Å². The van der Waals surface area contributed by atoms with Gasteiger partial charge < -0.3 is 19.5 Å². The Morgan fingerprint density at radius 3 is 2.74 bits per heavy atom. The van der Waals surface area contributed by atoms with E-state index in [2.05, 4.69) is 15.2 Å². The number of aromatic nitrogens is 1. The van der Waals surface area contributed by atoms with E-state index in [1.165, 1.54) is 6.26 Å². The van der Waals surface area contributed by atoms with Gasteiger partial charge >= 0.3 is 0 Å². The van der Waals surface area contributed by atoms with E-state index in [0.29, 0.717) is 13.1 Å². The van der Waals surface area contributed by atoms with Gasteiger partial charge in [-0.25, -0.2) is 4.98 Å². The second kappa shape index (κ2) is 6.82. The van der Waals surface area contributed by atoms with Crippen molar-refractivity contribution in [1.82, 2.24) is 15.2 Å². The number of thiazole rings is 1. The summed E-state index contributed by atoms with van der Waals surface area (Å²) < 4.78 is 5.03. The molecule has 1 fully saturated rings. The van der Waals surface area contributed by atoms with Gasteiger partial charge in [0.25, 0.3) is 5.91 Å². The van der Waals surface area contributed by atoms with Crippen LogP contribution >= 0.6 is 11.3 Å². The molecule has 1 atom stereocenters. The van der Waals surface area contributed by atoms with Crippen LogP contribution < -0.4 is 10.2 Å². The Bertz CT molecular complexity index is 648. The average Bonchev–Trinajstić information content (AvgIpc) is 3.27. The molecule has 1 aliphatic heterocycles. The topological polar surface area (TPSA) is 78.7 Å². The molecule has 2 aromatic rings. The maximum absolute atomic E-state index is 12.4. The Kier molecular flexibility index (Phi) is 4.61. The smallest absolute Gasteiger partial charge is 0.287 e. The number of furan rings is 1. The normalized spacial score (nSPS) is 16.2. The minimum atomic E-state index is -0.584. The lowest BCUT2D eigenvalue weighted by Crippen LogP contribution is -2.54. The van der Waals surface area contributed by atoms with E-state index in [4.69, 9.17) is 4.42 Å². The largest absolute Gasteiger partial charge is 0.459 e. The summed E-state index contributed by atoms with van der Waals surface area (Å²) in [5.74, 6) is -0.251. The number of amides is 2. The van der Waals surface area contributed by atoms with Gasteiger partial charge in [-0.1, -0.05) is 0 Å². The Morgan fingerprint density at radius 2 is 2.13 bits per heavy atom. The molecule has 0 saturated carbocycles. The fraction of sp³-hybridized carbons (Fsp3) is 0.400. The highest BCUT2D eigenvalue weighted by atomic mass is 32.1. The van der Waals surface area contributed by atoms with Crippen LogP contribution in [0.1, 0.15) is 17.5 Å². The second-order valence-corrected chi connectivity index (χ2v) is 6.17. The molecule has 2 aromatic heterocycles. The maximum Gasteiger partial charge on any atom is 0.287 e. The molecule has 0 radical (unpaired) electrons. The third kappa shape index (κ3) is 3.53. The van der Waals surface area contributed by atoms with Crippen LogP contribution in [0, 0.1) is 0 Å². The van der Waals surface area contributed by atoms with Gasteiger partial charge in [0.1, 0.15) is 6.04 Å². The van der Waals surface area contributed by atoms with Gasteiger partial charge in [0.05, 0.1) is 6.26 Å². The molecule has 7 nitrogen and oxygen atoms in total. The van der Waals surface area contributed by atoms with Crippen LogP contribution in [0.3, 0.4) is 0 Å². The number of carbonyl (C=O) groups excluding carboxylic acids is 2. The molecule has 1 N–H and O–H groups in total. The van der Waals surface area contributed by atoms with Gasteiger partial charge in [-0.3, -0.25) is 9.59 Å². The van der Waals surface area contributed by atoms with Crippen LogP contribution in [-0.4, -0.2) is 53.9 Å². The van der Waals surface area contributed by atoms with E-state index >= 15 is 0 Å². The van der Waals surface area contributed by atoms with E-state index in [0.717, 1.165) is 18.2 Å². The fourth-order valence-corrected chi connectivity index (χ4v) is 3.20. The quantitative estimate of drug-likeness (QED) is 0.909. The molecule has 1 unspecified atom stereocenters. The monoisotopic (exact) mass is 334 g/mol. The Labute approximate surface area is 137 Å². The highest BCUT2D eigenvalue weighted by Crippen LogP contribution is 2.19. The molecule has 1 aliphatic rings. The molecular formula is C15H18N4O3S. The van der Waals surface area contributed by atoms with E-state index < -0.39 is 6.04 Å². The number of hydrogen-bond donors (Lipinski definition) is 1. The number of hydrogen-bond acceptors (Lipinski definition) is 6. The molecule has 23 heavy (non-hydrogen) atoms. The Balaban J connectivity index is 1.51. The molecule has 8 heteroatoms. The first kappa shape index (κ1) is 15.5. The van der Waals surface area contributed by atoms with Crippen molar-refractivity contribution >= 4 is 28.3 Å². The number of rotatable bonds is 4. The summed E-state index contributed by atoms with van der Waals surface area (Å²) in [5.41, 5.74) is 0. The summed E-state index contributed by atoms with van der Waals surface area (Å²) in [5, 5.41) is 5.60. The van der Waals surface area contributed by atoms with E-state index in [9.17, 15) is 9.59 Å². The van der Waals surface area contributed by atoms with Gasteiger partial charge in [0, 0.05) is 37.8 Å². The fourth-order valence-electron chi connectivity index (χ4n) is 2.50. The first-order valence-corrected chi connectivity index (χ1v) is 8.30. The zero-order valence-electron chi connectivity index (χ0n) is 12.8. The van der Waals surface area contributed by atoms with Gasteiger partial charge in [-0.2, -0.15) is 0 Å². The zero-order chi connectivity index (χ0) is 16.2. The lowest BCUT2D eigenvalue weighted by molar-refractivity contribution is -0.133. The van der Waals surface area contributed by atoms with Gasteiger partial charge in [0.2, 0.25) is 5.91 Å². The van der Waals surface area contributed by atoms with E-state index in [-0.39, 0.29) is 17.6 Å². The number of carbonyl (C=O) groups is 2. The lowest BCUT2D eigenvalue weighted by Gasteiger charge is -2.35. The molecule has 0 spiro atoms. The molecular weight excluding hydrogens is 316 g/mol. The first-order chi connectivity index (χ1) is 11.1. The van der Waals surface area contributed by atoms with Crippen molar-refractivity contribution in [3.8, 4) is 0 Å².